The van der Waals surface area contributed by atoms with Gasteiger partial charge in [-0.2, -0.15) is 0 Å². The number of thiazole rings is 1. The lowest BCUT2D eigenvalue weighted by Crippen LogP contribution is -2.48. The van der Waals surface area contributed by atoms with Crippen LogP contribution in [0.5, 0.6) is 0 Å². The number of carbonyl (C=O) groups is 1. The van der Waals surface area contributed by atoms with E-state index in [0.717, 1.165) is 21.6 Å². The maximum absolute atomic E-state index is 12.8. The van der Waals surface area contributed by atoms with Gasteiger partial charge in [0, 0.05) is 28.5 Å². The highest BCUT2D eigenvalue weighted by Crippen LogP contribution is 2.26. The number of hydrogen-bond donors (Lipinski definition) is 1. The van der Waals surface area contributed by atoms with Gasteiger partial charge in [-0.25, -0.2) is 13.4 Å². The van der Waals surface area contributed by atoms with Crippen LogP contribution in [0.3, 0.4) is 0 Å². The fourth-order valence-corrected chi connectivity index (χ4v) is 4.68. The van der Waals surface area contributed by atoms with Gasteiger partial charge in [-0.3, -0.25) is 4.79 Å². The molecule has 0 atom stereocenters. The second kappa shape index (κ2) is 7.97. The van der Waals surface area contributed by atoms with Crippen molar-refractivity contribution in [1.29, 1.82) is 0 Å². The minimum Gasteiger partial charge on any atom is -0.355 e. The minimum absolute atomic E-state index is 0.133. The first-order valence-corrected chi connectivity index (χ1v) is 11.0. The molecule has 1 N–H and O–H groups in total. The number of carbonyl (C=O) groups excluding carboxylic acids is 1. The van der Waals surface area contributed by atoms with Crippen molar-refractivity contribution in [3.05, 3.63) is 44.8 Å². The average molecular weight is 445 g/mol. The number of rotatable bonds is 7. The van der Waals surface area contributed by atoms with Gasteiger partial charge in [0.1, 0.15) is 4.75 Å². The van der Waals surface area contributed by atoms with Gasteiger partial charge in [-0.15, -0.1) is 11.3 Å². The lowest BCUT2D eigenvalue weighted by molar-refractivity contribution is -0.122. The minimum atomic E-state index is -3.78. The highest BCUT2D eigenvalue weighted by Gasteiger charge is 2.42. The van der Waals surface area contributed by atoms with Gasteiger partial charge in [-0.05, 0) is 51.5 Å². The Bertz CT molecular complexity index is 843. The summed E-state index contributed by atoms with van der Waals surface area (Å²) < 4.78 is 24.8. The number of aromatic nitrogens is 1. The quantitative estimate of drug-likeness (QED) is 0.662. The summed E-state index contributed by atoms with van der Waals surface area (Å²) in [4.78, 5) is 17.0. The van der Waals surface area contributed by atoms with Crippen molar-refractivity contribution < 1.29 is 13.2 Å². The average Bonchev–Trinajstić information content (AvgIpc) is 2.97. The topological polar surface area (TPSA) is 76.1 Å². The normalized spacial score (nSPS) is 12.2. The van der Waals surface area contributed by atoms with Crippen molar-refractivity contribution in [2.45, 2.75) is 43.3 Å². The molecule has 0 aliphatic carbocycles. The molecule has 0 saturated carbocycles. The Kier molecular flexibility index (Phi) is 6.40. The van der Waals surface area contributed by atoms with Gasteiger partial charge in [0.25, 0.3) is 0 Å². The van der Waals surface area contributed by atoms with E-state index in [0.29, 0.717) is 13.0 Å². The van der Waals surface area contributed by atoms with Crippen LogP contribution in [0, 0.1) is 6.92 Å². The molecule has 0 aliphatic heterocycles. The molecule has 1 aromatic heterocycles. The Morgan fingerprint density at radius 3 is 2.48 bits per heavy atom. The molecule has 8 heteroatoms. The van der Waals surface area contributed by atoms with E-state index in [2.05, 4.69) is 26.2 Å². The molecule has 1 aromatic carbocycles. The summed E-state index contributed by atoms with van der Waals surface area (Å²) in [6.45, 7) is 5.22. The van der Waals surface area contributed by atoms with Gasteiger partial charge in [0.15, 0.2) is 9.84 Å². The summed E-state index contributed by atoms with van der Waals surface area (Å²) in [6.07, 6.45) is 1.48. The molecular weight excluding hydrogens is 424 g/mol. The van der Waals surface area contributed by atoms with E-state index in [1.807, 2.05) is 12.3 Å². The van der Waals surface area contributed by atoms with Crippen molar-refractivity contribution in [2.75, 3.05) is 6.54 Å². The molecule has 1 amide bonds. The van der Waals surface area contributed by atoms with Crippen LogP contribution in [-0.4, -0.2) is 30.6 Å². The Balaban J connectivity index is 1.97. The molecule has 0 aliphatic rings. The van der Waals surface area contributed by atoms with E-state index in [1.165, 1.54) is 26.0 Å². The zero-order chi connectivity index (χ0) is 18.7. The maximum Gasteiger partial charge on any atom is 0.241 e. The van der Waals surface area contributed by atoms with Crippen molar-refractivity contribution in [3.8, 4) is 0 Å². The van der Waals surface area contributed by atoms with Crippen LogP contribution in [0.25, 0.3) is 0 Å². The molecular formula is C17H21BrN2O3S2. The maximum atomic E-state index is 12.8. The number of amides is 1. The Morgan fingerprint density at radius 2 is 1.92 bits per heavy atom. The first kappa shape index (κ1) is 20.1. The van der Waals surface area contributed by atoms with Gasteiger partial charge in [0.2, 0.25) is 5.91 Å². The Morgan fingerprint density at radius 1 is 1.28 bits per heavy atom. The summed E-state index contributed by atoms with van der Waals surface area (Å²) in [6, 6.07) is 6.30. The van der Waals surface area contributed by atoms with Crippen molar-refractivity contribution >= 4 is 43.0 Å². The van der Waals surface area contributed by atoms with Crippen molar-refractivity contribution in [3.63, 3.8) is 0 Å². The summed E-state index contributed by atoms with van der Waals surface area (Å²) in [5, 5.41) is 5.75. The predicted octanol–water partition coefficient (Wildman–Crippen LogP) is 3.52. The lowest BCUT2D eigenvalue weighted by atomic mass is 10.2. The fraction of sp³-hybridized carbons (Fsp3) is 0.412. The molecule has 25 heavy (non-hydrogen) atoms. The Labute approximate surface area is 160 Å². The van der Waals surface area contributed by atoms with Crippen LogP contribution in [-0.2, 0) is 21.1 Å². The first-order chi connectivity index (χ1) is 11.6. The number of halogens is 1. The number of sulfone groups is 1. The number of hydrogen-bond acceptors (Lipinski definition) is 5. The molecule has 0 bridgehead atoms. The van der Waals surface area contributed by atoms with Crippen LogP contribution in [0.1, 0.15) is 31.0 Å². The third-order valence-corrected chi connectivity index (χ3v) is 7.84. The third kappa shape index (κ3) is 4.68. The zero-order valence-electron chi connectivity index (χ0n) is 14.4. The van der Waals surface area contributed by atoms with Crippen molar-refractivity contribution in [2.24, 2.45) is 0 Å². The zero-order valence-corrected chi connectivity index (χ0v) is 17.6. The number of aryl methyl sites for hydroxylation is 2. The van der Waals surface area contributed by atoms with E-state index in [1.54, 1.807) is 23.5 Å². The number of benzene rings is 1. The van der Waals surface area contributed by atoms with Crippen LogP contribution < -0.4 is 5.32 Å². The molecule has 0 fully saturated rings. The molecule has 2 aromatic rings. The van der Waals surface area contributed by atoms with E-state index in [9.17, 15) is 13.2 Å². The van der Waals surface area contributed by atoms with Crippen molar-refractivity contribution in [1.82, 2.24) is 10.3 Å². The Hall–Kier alpha value is -1.25. The summed E-state index contributed by atoms with van der Waals surface area (Å²) in [5.74, 6) is -0.495. The molecule has 1 heterocycles. The third-order valence-electron chi connectivity index (χ3n) is 3.86. The van der Waals surface area contributed by atoms with Crippen LogP contribution in [0.15, 0.2) is 39.0 Å². The largest absolute Gasteiger partial charge is 0.355 e. The fourth-order valence-electron chi connectivity index (χ4n) is 2.20. The lowest BCUT2D eigenvalue weighted by Gasteiger charge is -2.24. The van der Waals surface area contributed by atoms with Gasteiger partial charge in [-0.1, -0.05) is 15.9 Å². The summed E-state index contributed by atoms with van der Waals surface area (Å²) in [7, 11) is -3.78. The number of nitrogens with zero attached hydrogens (tertiary/aromatic N) is 1. The summed E-state index contributed by atoms with van der Waals surface area (Å²) >= 11 is 4.87. The van der Waals surface area contributed by atoms with Crippen LogP contribution in [0.2, 0.25) is 0 Å². The monoisotopic (exact) mass is 444 g/mol. The highest BCUT2D eigenvalue weighted by molar-refractivity contribution is 9.10. The molecule has 0 saturated heterocycles. The number of nitrogens with one attached hydrogen (secondary N) is 1. The van der Waals surface area contributed by atoms with Gasteiger partial charge < -0.3 is 5.32 Å². The van der Waals surface area contributed by atoms with Crippen LogP contribution in [0.4, 0.5) is 0 Å². The van der Waals surface area contributed by atoms with Gasteiger partial charge >= 0.3 is 0 Å². The second-order valence-corrected chi connectivity index (χ2v) is 10.6. The SMILES string of the molecule is Cc1csc(CCCNC(=O)C(C)(C)S(=O)(=O)c2ccc(Br)cc2)n1. The smallest absolute Gasteiger partial charge is 0.241 e. The molecule has 5 nitrogen and oxygen atoms in total. The standard InChI is InChI=1S/C17H21BrN2O3S2/c1-12-11-24-15(20-12)5-4-10-19-16(21)17(2,3)25(22,23)14-8-6-13(18)7-9-14/h6-9,11H,4-5,10H2,1-3H3,(H,19,21). The van der Waals surface area contributed by atoms with E-state index in [-0.39, 0.29) is 4.90 Å². The second-order valence-electron chi connectivity index (χ2n) is 6.21. The molecule has 0 unspecified atom stereocenters. The molecule has 0 spiro atoms. The summed E-state index contributed by atoms with van der Waals surface area (Å²) in [5.41, 5.74) is 0.991. The van der Waals surface area contributed by atoms with E-state index < -0.39 is 20.5 Å². The van der Waals surface area contributed by atoms with E-state index >= 15 is 0 Å². The highest BCUT2D eigenvalue weighted by atomic mass is 79.9. The van der Waals surface area contributed by atoms with E-state index in [4.69, 9.17) is 0 Å². The molecule has 2 rings (SSSR count). The van der Waals surface area contributed by atoms with Crippen LogP contribution >= 0.6 is 27.3 Å². The first-order valence-electron chi connectivity index (χ1n) is 7.84. The molecule has 136 valence electrons. The molecule has 0 radical (unpaired) electrons. The predicted molar refractivity (Wildman–Crippen MR) is 104 cm³/mol. The van der Waals surface area contributed by atoms with Gasteiger partial charge in [0.05, 0.1) is 9.90 Å².